The molecule has 0 amide bonds. The largest absolute Gasteiger partial charge is 0.504 e. The summed E-state index contributed by atoms with van der Waals surface area (Å²) in [5.74, 6) is -1.38. The maximum absolute atomic E-state index is 13.0. The molecule has 3 rings (SSSR count). The van der Waals surface area contributed by atoms with E-state index in [9.17, 15) is 23.1 Å². The summed E-state index contributed by atoms with van der Waals surface area (Å²) in [5.41, 5.74) is 2.91. The number of hydrazone groups is 1. The highest BCUT2D eigenvalue weighted by molar-refractivity contribution is 7.80. The highest BCUT2D eigenvalue weighted by atomic mass is 32.1. The van der Waals surface area contributed by atoms with Gasteiger partial charge in [-0.1, -0.05) is 12.1 Å². The number of aromatic hydroxyl groups is 1. The van der Waals surface area contributed by atoms with Gasteiger partial charge in [0.05, 0.1) is 16.8 Å². The molecule has 0 saturated heterocycles. The Hall–Kier alpha value is -3.93. The number of halogens is 3. The first kappa shape index (κ1) is 23.7. The average molecular weight is 477 g/mol. The van der Waals surface area contributed by atoms with E-state index in [1.165, 1.54) is 55.1 Å². The Balaban J connectivity index is 1.77. The summed E-state index contributed by atoms with van der Waals surface area (Å²) in [7, 11) is 1.49. The van der Waals surface area contributed by atoms with E-state index in [0.717, 1.165) is 12.1 Å². The van der Waals surface area contributed by atoms with Crippen LogP contribution in [0.1, 0.15) is 28.5 Å². The van der Waals surface area contributed by atoms with Crippen LogP contribution < -0.4 is 10.7 Å². The van der Waals surface area contributed by atoms with Crippen LogP contribution in [0.4, 0.5) is 18.9 Å². The molecule has 0 aliphatic carbocycles. The molecule has 0 unspecified atom stereocenters. The van der Waals surface area contributed by atoms with Gasteiger partial charge in [-0.3, -0.25) is 10.1 Å². The number of aromatic carboxylic acids is 1. The van der Waals surface area contributed by atoms with Gasteiger partial charge < -0.3 is 15.5 Å². The minimum Gasteiger partial charge on any atom is -0.504 e. The van der Waals surface area contributed by atoms with Crippen LogP contribution in [0.5, 0.6) is 5.75 Å². The summed E-state index contributed by atoms with van der Waals surface area (Å²) in [5, 5.41) is 30.7. The first-order valence-corrected chi connectivity index (χ1v) is 9.77. The lowest BCUT2D eigenvalue weighted by Crippen LogP contribution is -2.25. The van der Waals surface area contributed by atoms with E-state index in [1.807, 2.05) is 0 Å². The number of aromatic nitrogens is 2. The molecule has 0 spiro atoms. The van der Waals surface area contributed by atoms with Crippen molar-refractivity contribution >= 4 is 34.7 Å². The second-order valence-corrected chi connectivity index (χ2v) is 7.30. The zero-order chi connectivity index (χ0) is 24.3. The van der Waals surface area contributed by atoms with Crippen LogP contribution in [-0.2, 0) is 13.2 Å². The second kappa shape index (κ2) is 9.28. The molecule has 12 heteroatoms. The van der Waals surface area contributed by atoms with Crippen molar-refractivity contribution in [3.05, 3.63) is 65.4 Å². The highest BCUT2D eigenvalue weighted by Crippen LogP contribution is 2.36. The Kier molecular flexibility index (Phi) is 6.68. The molecule has 33 heavy (non-hydrogen) atoms. The van der Waals surface area contributed by atoms with Crippen LogP contribution in [0.2, 0.25) is 0 Å². The number of rotatable bonds is 5. The predicted molar refractivity (Wildman–Crippen MR) is 120 cm³/mol. The van der Waals surface area contributed by atoms with E-state index in [1.54, 1.807) is 0 Å². The van der Waals surface area contributed by atoms with Crippen molar-refractivity contribution in [3.63, 3.8) is 0 Å². The fourth-order valence-electron chi connectivity index (χ4n) is 2.97. The smallest absolute Gasteiger partial charge is 0.416 e. The number of hydrogen-bond donors (Lipinski definition) is 4. The van der Waals surface area contributed by atoms with E-state index < -0.39 is 17.7 Å². The monoisotopic (exact) mass is 477 g/mol. The molecule has 1 heterocycles. The van der Waals surface area contributed by atoms with Crippen molar-refractivity contribution < 1.29 is 28.2 Å². The lowest BCUT2D eigenvalue weighted by Gasteiger charge is -2.09. The number of benzene rings is 2. The lowest BCUT2D eigenvalue weighted by atomic mass is 10.1. The number of alkyl halides is 3. The van der Waals surface area contributed by atoms with Crippen molar-refractivity contribution in [1.82, 2.24) is 15.2 Å². The summed E-state index contributed by atoms with van der Waals surface area (Å²) >= 11 is 5.14. The Morgan fingerprint density at radius 2 is 1.85 bits per heavy atom. The van der Waals surface area contributed by atoms with Gasteiger partial charge in [0.1, 0.15) is 5.69 Å². The van der Waals surface area contributed by atoms with Gasteiger partial charge in [-0.2, -0.15) is 23.4 Å². The number of anilines is 1. The number of carboxylic acid groups (broad SMARTS) is 1. The highest BCUT2D eigenvalue weighted by Gasteiger charge is 2.31. The number of nitrogens with one attached hydrogen (secondary N) is 2. The van der Waals surface area contributed by atoms with E-state index in [2.05, 4.69) is 20.9 Å². The van der Waals surface area contributed by atoms with Gasteiger partial charge in [-0.25, -0.2) is 4.79 Å². The van der Waals surface area contributed by atoms with Crippen molar-refractivity contribution in [3.8, 4) is 17.0 Å². The Morgan fingerprint density at radius 1 is 1.18 bits per heavy atom. The van der Waals surface area contributed by atoms with Crippen LogP contribution in [-0.4, -0.2) is 36.8 Å². The molecular weight excluding hydrogens is 459 g/mol. The van der Waals surface area contributed by atoms with Crippen LogP contribution >= 0.6 is 12.2 Å². The molecule has 0 aliphatic rings. The summed E-state index contributed by atoms with van der Waals surface area (Å²) in [6.45, 7) is 1.54. The number of aryl methyl sites for hydroxylation is 1. The van der Waals surface area contributed by atoms with E-state index >= 15 is 0 Å². The molecule has 0 radical (unpaired) electrons. The molecule has 0 atom stereocenters. The fourth-order valence-corrected chi connectivity index (χ4v) is 3.13. The van der Waals surface area contributed by atoms with Crippen LogP contribution in [0.15, 0.2) is 53.6 Å². The standard InChI is InChI=1S/C21H18F3N5O3S/c1-11(26-27-20(33)25-15-8-6-12(7-9-15)19(31)32)16-18(30)17(29(2)28-16)13-4-3-5-14(10-13)21(22,23)24/h3-10,30H,1-2H3,(H,31,32)(H2,25,27,33). The molecule has 2 aromatic carbocycles. The summed E-state index contributed by atoms with van der Waals surface area (Å²) < 4.78 is 40.4. The van der Waals surface area contributed by atoms with Gasteiger partial charge in [-0.15, -0.1) is 0 Å². The molecule has 0 fully saturated rings. The molecule has 172 valence electrons. The first-order valence-electron chi connectivity index (χ1n) is 9.36. The number of carbonyl (C=O) groups is 1. The Morgan fingerprint density at radius 3 is 2.45 bits per heavy atom. The predicted octanol–water partition coefficient (Wildman–Crippen LogP) is 4.22. The normalized spacial score (nSPS) is 11.8. The zero-order valence-corrected chi connectivity index (χ0v) is 18.1. The van der Waals surface area contributed by atoms with Gasteiger partial charge in [0.15, 0.2) is 16.6 Å². The summed E-state index contributed by atoms with van der Waals surface area (Å²) in [6, 6.07) is 10.4. The fraction of sp³-hybridized carbons (Fsp3) is 0.143. The minimum absolute atomic E-state index is 0.0611. The Labute approximate surface area is 191 Å². The molecule has 1 aromatic heterocycles. The third-order valence-corrected chi connectivity index (χ3v) is 4.74. The summed E-state index contributed by atoms with van der Waals surface area (Å²) in [4.78, 5) is 10.9. The molecular formula is C21H18F3N5O3S. The van der Waals surface area contributed by atoms with E-state index in [4.69, 9.17) is 17.3 Å². The molecule has 3 aromatic rings. The maximum Gasteiger partial charge on any atom is 0.416 e. The lowest BCUT2D eigenvalue weighted by molar-refractivity contribution is -0.137. The molecule has 0 bridgehead atoms. The molecule has 4 N–H and O–H groups in total. The maximum atomic E-state index is 13.0. The zero-order valence-electron chi connectivity index (χ0n) is 17.3. The average Bonchev–Trinajstić information content (AvgIpc) is 3.06. The number of carboxylic acids is 1. The third-order valence-electron chi connectivity index (χ3n) is 4.54. The van der Waals surface area contributed by atoms with Gasteiger partial charge in [0.25, 0.3) is 0 Å². The van der Waals surface area contributed by atoms with Crippen LogP contribution in [0.25, 0.3) is 11.3 Å². The minimum atomic E-state index is -4.52. The summed E-state index contributed by atoms with van der Waals surface area (Å²) in [6.07, 6.45) is -4.52. The van der Waals surface area contributed by atoms with E-state index in [-0.39, 0.29) is 39.1 Å². The van der Waals surface area contributed by atoms with Crippen molar-refractivity contribution in [1.29, 1.82) is 0 Å². The first-order chi connectivity index (χ1) is 15.5. The number of hydrogen-bond acceptors (Lipinski definition) is 5. The molecule has 0 aliphatic heterocycles. The van der Waals surface area contributed by atoms with Gasteiger partial charge >= 0.3 is 12.1 Å². The van der Waals surface area contributed by atoms with E-state index in [0.29, 0.717) is 5.69 Å². The number of nitrogens with zero attached hydrogens (tertiary/aromatic N) is 3. The van der Waals surface area contributed by atoms with Crippen molar-refractivity contribution in [2.24, 2.45) is 12.1 Å². The molecule has 8 nitrogen and oxygen atoms in total. The topological polar surface area (TPSA) is 112 Å². The van der Waals surface area contributed by atoms with Crippen molar-refractivity contribution in [2.75, 3.05) is 5.32 Å². The van der Waals surface area contributed by atoms with Gasteiger partial charge in [-0.05, 0) is 55.5 Å². The van der Waals surface area contributed by atoms with Crippen LogP contribution in [0, 0.1) is 0 Å². The number of thiocarbonyl (C=S) groups is 1. The quantitative estimate of drug-likeness (QED) is 0.247. The van der Waals surface area contributed by atoms with Gasteiger partial charge in [0.2, 0.25) is 0 Å². The van der Waals surface area contributed by atoms with Crippen LogP contribution in [0.3, 0.4) is 0 Å². The Bertz CT molecular complexity index is 1240. The second-order valence-electron chi connectivity index (χ2n) is 6.89. The SMILES string of the molecule is CC(=NNC(=S)Nc1ccc(C(=O)O)cc1)c1nn(C)c(-c2cccc(C(F)(F)F)c2)c1O. The third kappa shape index (κ3) is 5.47. The van der Waals surface area contributed by atoms with Gasteiger partial charge in [0, 0.05) is 18.3 Å². The molecule has 0 saturated carbocycles. The van der Waals surface area contributed by atoms with Crippen molar-refractivity contribution in [2.45, 2.75) is 13.1 Å².